The van der Waals surface area contributed by atoms with Crippen molar-refractivity contribution >= 4 is 22.8 Å². The number of nitrogens with zero attached hydrogens (tertiary/aromatic N) is 4. The summed E-state index contributed by atoms with van der Waals surface area (Å²) in [6, 6.07) is 7.21. The summed E-state index contributed by atoms with van der Waals surface area (Å²) in [5, 5.41) is 0.738. The second-order valence-electron chi connectivity index (χ2n) is 5.48. The predicted octanol–water partition coefficient (Wildman–Crippen LogP) is 1.43. The number of terminal acetylenes is 1. The molecule has 0 bridgehead atoms. The maximum absolute atomic E-state index is 12.6. The lowest BCUT2D eigenvalue weighted by atomic mass is 10.2. The van der Waals surface area contributed by atoms with Gasteiger partial charge in [-0.1, -0.05) is 17.7 Å². The Morgan fingerprint density at radius 2 is 1.85 bits per heavy atom. The number of aromatic nitrogens is 4. The standard InChI is InChI=1S/C18H16N4O3S/c1-5-10-26-16-13-15(21(2)18(24)22(3)17(13)23)19-14(20-16)11-6-8-12(25-4)9-7-11/h1,6-9H,10H2,2-4H3. The topological polar surface area (TPSA) is 79.0 Å². The van der Waals surface area contributed by atoms with E-state index in [-0.39, 0.29) is 11.0 Å². The van der Waals surface area contributed by atoms with Crippen molar-refractivity contribution in [2.75, 3.05) is 12.9 Å². The summed E-state index contributed by atoms with van der Waals surface area (Å²) >= 11 is 1.26. The number of hydrogen-bond acceptors (Lipinski definition) is 6. The largest absolute Gasteiger partial charge is 0.497 e. The fourth-order valence-corrected chi connectivity index (χ4v) is 3.21. The Labute approximate surface area is 153 Å². The molecule has 0 spiro atoms. The molecule has 0 aliphatic heterocycles. The van der Waals surface area contributed by atoms with Crippen LogP contribution in [-0.4, -0.2) is 32.0 Å². The van der Waals surface area contributed by atoms with Crippen LogP contribution in [0.1, 0.15) is 0 Å². The fourth-order valence-electron chi connectivity index (χ4n) is 2.51. The Hall–Kier alpha value is -3.05. The molecule has 1 aromatic carbocycles. The molecule has 7 nitrogen and oxygen atoms in total. The van der Waals surface area contributed by atoms with Gasteiger partial charge >= 0.3 is 5.69 Å². The van der Waals surface area contributed by atoms with E-state index in [0.717, 1.165) is 10.1 Å². The summed E-state index contributed by atoms with van der Waals surface area (Å²) in [5.41, 5.74) is 0.125. The number of rotatable bonds is 4. The molecular weight excluding hydrogens is 352 g/mol. The highest BCUT2D eigenvalue weighted by atomic mass is 32.2. The van der Waals surface area contributed by atoms with Crippen molar-refractivity contribution in [1.29, 1.82) is 0 Å². The SMILES string of the molecule is C#CCSc1nc(-c2ccc(OC)cc2)nc2c1c(=O)n(C)c(=O)n2C. The molecule has 0 aliphatic rings. The van der Waals surface area contributed by atoms with Crippen LogP contribution in [-0.2, 0) is 14.1 Å². The fraction of sp³-hybridized carbons (Fsp3) is 0.222. The van der Waals surface area contributed by atoms with Crippen LogP contribution < -0.4 is 16.0 Å². The van der Waals surface area contributed by atoms with E-state index in [1.807, 2.05) is 12.1 Å². The number of aryl methyl sites for hydroxylation is 1. The van der Waals surface area contributed by atoms with Crippen LogP contribution in [0, 0.1) is 12.3 Å². The van der Waals surface area contributed by atoms with Gasteiger partial charge in [0.15, 0.2) is 11.5 Å². The van der Waals surface area contributed by atoms with E-state index in [2.05, 4.69) is 15.9 Å². The van der Waals surface area contributed by atoms with Crippen molar-refractivity contribution in [3.05, 3.63) is 45.1 Å². The van der Waals surface area contributed by atoms with Gasteiger partial charge in [0.2, 0.25) is 0 Å². The number of benzene rings is 1. The van der Waals surface area contributed by atoms with Gasteiger partial charge in [-0.05, 0) is 24.3 Å². The minimum absolute atomic E-state index is 0.276. The number of thioether (sulfide) groups is 1. The van der Waals surface area contributed by atoms with Crippen molar-refractivity contribution in [3.8, 4) is 29.5 Å². The van der Waals surface area contributed by atoms with Gasteiger partial charge in [-0.15, -0.1) is 6.42 Å². The van der Waals surface area contributed by atoms with Crippen molar-refractivity contribution < 1.29 is 4.74 Å². The zero-order valence-electron chi connectivity index (χ0n) is 14.5. The Morgan fingerprint density at radius 3 is 2.46 bits per heavy atom. The Kier molecular flexibility index (Phi) is 4.82. The third-order valence-electron chi connectivity index (χ3n) is 3.91. The molecule has 0 saturated heterocycles. The molecule has 0 atom stereocenters. The zero-order chi connectivity index (χ0) is 18.8. The van der Waals surface area contributed by atoms with E-state index >= 15 is 0 Å². The molecule has 8 heteroatoms. The second-order valence-corrected chi connectivity index (χ2v) is 6.44. The lowest BCUT2D eigenvalue weighted by Gasteiger charge is -2.11. The molecule has 0 amide bonds. The maximum Gasteiger partial charge on any atom is 0.332 e. The molecule has 0 aliphatic carbocycles. The highest BCUT2D eigenvalue weighted by Gasteiger charge is 2.18. The van der Waals surface area contributed by atoms with Crippen molar-refractivity contribution in [1.82, 2.24) is 19.1 Å². The predicted molar refractivity (Wildman–Crippen MR) is 102 cm³/mol. The monoisotopic (exact) mass is 368 g/mol. The number of fused-ring (bicyclic) bond motifs is 1. The molecule has 3 aromatic rings. The minimum atomic E-state index is -0.449. The van der Waals surface area contributed by atoms with Gasteiger partial charge in [0.25, 0.3) is 5.56 Å². The first-order valence-corrected chi connectivity index (χ1v) is 8.65. The van der Waals surface area contributed by atoms with Crippen LogP contribution in [0.25, 0.3) is 22.4 Å². The highest BCUT2D eigenvalue weighted by molar-refractivity contribution is 7.99. The van der Waals surface area contributed by atoms with E-state index in [4.69, 9.17) is 11.2 Å². The van der Waals surface area contributed by atoms with Gasteiger partial charge in [0.05, 0.1) is 12.9 Å². The van der Waals surface area contributed by atoms with E-state index in [0.29, 0.717) is 22.4 Å². The molecule has 26 heavy (non-hydrogen) atoms. The Bertz CT molecular complexity index is 1140. The molecule has 0 unspecified atom stereocenters. The van der Waals surface area contributed by atoms with Crippen LogP contribution in [0.3, 0.4) is 0 Å². The normalized spacial score (nSPS) is 10.7. The summed E-state index contributed by atoms with van der Waals surface area (Å²) in [7, 11) is 4.59. The quantitative estimate of drug-likeness (QED) is 0.394. The van der Waals surface area contributed by atoms with E-state index in [9.17, 15) is 9.59 Å². The number of ether oxygens (including phenoxy) is 1. The van der Waals surface area contributed by atoms with Gasteiger partial charge in [-0.25, -0.2) is 14.8 Å². The van der Waals surface area contributed by atoms with Crippen LogP contribution in [0.5, 0.6) is 5.75 Å². The van der Waals surface area contributed by atoms with Gasteiger partial charge in [-0.3, -0.25) is 13.9 Å². The van der Waals surface area contributed by atoms with Crippen LogP contribution >= 0.6 is 11.8 Å². The maximum atomic E-state index is 12.6. The number of methoxy groups -OCH3 is 1. The van der Waals surface area contributed by atoms with Crippen LogP contribution in [0.2, 0.25) is 0 Å². The lowest BCUT2D eigenvalue weighted by molar-refractivity contribution is 0.415. The molecule has 3 rings (SSSR count). The lowest BCUT2D eigenvalue weighted by Crippen LogP contribution is -2.37. The number of hydrogen-bond donors (Lipinski definition) is 0. The molecule has 0 N–H and O–H groups in total. The summed E-state index contributed by atoms with van der Waals surface area (Å²) < 4.78 is 7.54. The summed E-state index contributed by atoms with van der Waals surface area (Å²) in [4.78, 5) is 33.9. The van der Waals surface area contributed by atoms with E-state index < -0.39 is 11.2 Å². The zero-order valence-corrected chi connectivity index (χ0v) is 15.3. The third kappa shape index (κ3) is 2.97. The second kappa shape index (κ2) is 7.06. The van der Waals surface area contributed by atoms with Gasteiger partial charge in [-0.2, -0.15) is 0 Å². The van der Waals surface area contributed by atoms with Crippen LogP contribution in [0.4, 0.5) is 0 Å². The Balaban J connectivity index is 2.34. The molecule has 132 valence electrons. The molecule has 0 radical (unpaired) electrons. The van der Waals surface area contributed by atoms with Gasteiger partial charge in [0.1, 0.15) is 16.2 Å². The summed E-state index contributed by atoms with van der Waals surface area (Å²) in [6.45, 7) is 0. The van der Waals surface area contributed by atoms with Crippen molar-refractivity contribution in [2.45, 2.75) is 5.03 Å². The minimum Gasteiger partial charge on any atom is -0.497 e. The highest BCUT2D eigenvalue weighted by Crippen LogP contribution is 2.26. The third-order valence-corrected chi connectivity index (χ3v) is 4.79. The molecule has 0 fully saturated rings. The molecule has 2 heterocycles. The molecular formula is C18H16N4O3S. The molecule has 2 aromatic heterocycles. The van der Waals surface area contributed by atoms with Crippen molar-refractivity contribution in [2.24, 2.45) is 14.1 Å². The van der Waals surface area contributed by atoms with Crippen LogP contribution in [0.15, 0.2) is 38.9 Å². The van der Waals surface area contributed by atoms with Gasteiger partial charge in [0, 0.05) is 19.7 Å². The Morgan fingerprint density at radius 1 is 1.15 bits per heavy atom. The first kappa shape index (κ1) is 17.8. The van der Waals surface area contributed by atoms with Gasteiger partial charge < -0.3 is 4.74 Å². The molecule has 0 saturated carbocycles. The average Bonchev–Trinajstić information content (AvgIpc) is 2.68. The van der Waals surface area contributed by atoms with E-state index in [1.165, 1.54) is 23.4 Å². The summed E-state index contributed by atoms with van der Waals surface area (Å²) in [6.07, 6.45) is 5.36. The smallest absolute Gasteiger partial charge is 0.332 e. The van der Waals surface area contributed by atoms with E-state index in [1.54, 1.807) is 26.3 Å². The summed E-state index contributed by atoms with van der Waals surface area (Å²) in [5.74, 6) is 3.98. The first-order valence-electron chi connectivity index (χ1n) is 7.66. The average molecular weight is 368 g/mol. The van der Waals surface area contributed by atoms with Crippen molar-refractivity contribution in [3.63, 3.8) is 0 Å². The first-order chi connectivity index (χ1) is 12.5.